The molecule has 6 heteroatoms. The lowest BCUT2D eigenvalue weighted by molar-refractivity contribution is -0.543. The molecule has 2 aliphatic rings. The number of para-hydroxylation sites is 2. The maximum atomic E-state index is 14.2. The maximum Gasteiger partial charge on any atom is 0.274 e. The Balaban J connectivity index is 1.32. The highest BCUT2D eigenvalue weighted by molar-refractivity contribution is 5.71. The van der Waals surface area contributed by atoms with Gasteiger partial charge >= 0.3 is 0 Å². The predicted molar refractivity (Wildman–Crippen MR) is 179 cm³/mol. The SMILES string of the molecule is CC(C)c1[nH]n(-c2ccccc2)c(=O)c1C1C([O-])C(C=C2N(C)c3ccccc3C2(Cc2ccccc2)Cc2ccccc2)C1[O-]. The normalized spacial score (nSPS) is 22.7. The van der Waals surface area contributed by atoms with Crippen LogP contribution in [0.4, 0.5) is 5.69 Å². The van der Waals surface area contributed by atoms with Crippen molar-refractivity contribution in [3.63, 3.8) is 0 Å². The van der Waals surface area contributed by atoms with E-state index < -0.39 is 29.5 Å². The summed E-state index contributed by atoms with van der Waals surface area (Å²) in [4.78, 5) is 16.0. The molecule has 4 aromatic carbocycles. The van der Waals surface area contributed by atoms with Crippen molar-refractivity contribution in [2.24, 2.45) is 5.92 Å². The van der Waals surface area contributed by atoms with Crippen LogP contribution in [-0.4, -0.2) is 29.0 Å². The summed E-state index contributed by atoms with van der Waals surface area (Å²) in [6.45, 7) is 3.96. The highest BCUT2D eigenvalue weighted by atomic mass is 16.3. The van der Waals surface area contributed by atoms with Gasteiger partial charge in [0.25, 0.3) is 5.56 Å². The van der Waals surface area contributed by atoms with E-state index >= 15 is 0 Å². The molecule has 0 radical (unpaired) electrons. The second-order valence-corrected chi connectivity index (χ2v) is 13.1. The first-order chi connectivity index (χ1) is 22.3. The number of H-pyrrole nitrogens is 1. The minimum Gasteiger partial charge on any atom is -0.851 e. The number of aromatic nitrogens is 2. The number of hydrogen-bond acceptors (Lipinski definition) is 4. The van der Waals surface area contributed by atoms with E-state index in [0.717, 1.165) is 24.2 Å². The lowest BCUT2D eigenvalue weighted by Gasteiger charge is -2.60. The van der Waals surface area contributed by atoms with E-state index in [-0.39, 0.29) is 11.5 Å². The standard InChI is InChI=1S/C40H39N3O3/c1-26(2)36-34(39(46)43(41-36)29-19-11-6-12-20-29)35-37(44)30(38(35)45)23-33-40(24-27-15-7-4-8-16-27,25-28-17-9-5-10-18-28)31-21-13-14-22-32(31)42(33)3/h4-23,26,30,35,37-38,41H,24-25H2,1-3H3/q-2. The van der Waals surface area contributed by atoms with Crippen molar-refractivity contribution in [2.75, 3.05) is 11.9 Å². The first-order valence-electron chi connectivity index (χ1n) is 16.2. The Kier molecular flexibility index (Phi) is 7.79. The minimum absolute atomic E-state index is 0.0516. The number of benzene rings is 4. The third-order valence-electron chi connectivity index (χ3n) is 10.0. The molecular weight excluding hydrogens is 570 g/mol. The van der Waals surface area contributed by atoms with Crippen LogP contribution in [0.2, 0.25) is 0 Å². The lowest BCUT2D eigenvalue weighted by Crippen LogP contribution is -2.65. The summed E-state index contributed by atoms with van der Waals surface area (Å²) in [6, 6.07) is 38.6. The van der Waals surface area contributed by atoms with E-state index in [1.807, 2.05) is 75.5 Å². The van der Waals surface area contributed by atoms with Crippen LogP contribution in [0.5, 0.6) is 0 Å². The van der Waals surface area contributed by atoms with Crippen LogP contribution in [0.1, 0.15) is 53.6 Å². The maximum absolute atomic E-state index is 14.2. The number of aromatic amines is 1. The van der Waals surface area contributed by atoms with Gasteiger partial charge in [-0.05, 0) is 65.5 Å². The van der Waals surface area contributed by atoms with Gasteiger partial charge in [0.05, 0.1) is 5.69 Å². The molecule has 0 saturated heterocycles. The van der Waals surface area contributed by atoms with E-state index in [0.29, 0.717) is 16.9 Å². The van der Waals surface area contributed by atoms with E-state index in [9.17, 15) is 15.0 Å². The topological polar surface area (TPSA) is 87.1 Å². The Morgan fingerprint density at radius 3 is 1.87 bits per heavy atom. The molecule has 1 fully saturated rings. The summed E-state index contributed by atoms with van der Waals surface area (Å²) >= 11 is 0. The van der Waals surface area contributed by atoms with Crippen molar-refractivity contribution >= 4 is 5.69 Å². The van der Waals surface area contributed by atoms with Crippen molar-refractivity contribution < 1.29 is 10.2 Å². The van der Waals surface area contributed by atoms with Gasteiger partial charge in [-0.3, -0.25) is 9.89 Å². The van der Waals surface area contributed by atoms with Crippen LogP contribution in [0, 0.1) is 5.92 Å². The molecule has 2 unspecified atom stereocenters. The van der Waals surface area contributed by atoms with Crippen molar-refractivity contribution in [3.05, 3.63) is 165 Å². The fraction of sp³-hybridized carbons (Fsp3) is 0.275. The van der Waals surface area contributed by atoms with Gasteiger partial charge < -0.3 is 15.1 Å². The second kappa shape index (κ2) is 11.9. The first-order valence-corrected chi connectivity index (χ1v) is 16.2. The monoisotopic (exact) mass is 609 g/mol. The number of nitrogens with one attached hydrogen (secondary N) is 1. The van der Waals surface area contributed by atoms with Crippen molar-refractivity contribution in [3.8, 4) is 5.69 Å². The third kappa shape index (κ3) is 4.93. The number of fused-ring (bicyclic) bond motifs is 1. The summed E-state index contributed by atoms with van der Waals surface area (Å²) in [5.41, 5.74) is 6.52. The number of nitrogens with zero attached hydrogens (tertiary/aromatic N) is 2. The highest BCUT2D eigenvalue weighted by Crippen LogP contribution is 2.53. The van der Waals surface area contributed by atoms with E-state index in [1.165, 1.54) is 21.4 Å². The number of allylic oxidation sites excluding steroid dienone is 1. The zero-order valence-corrected chi connectivity index (χ0v) is 26.5. The molecule has 6 nitrogen and oxygen atoms in total. The van der Waals surface area contributed by atoms with E-state index in [2.05, 4.69) is 76.7 Å². The summed E-state index contributed by atoms with van der Waals surface area (Å²) in [7, 11) is 2.04. The number of anilines is 1. The molecule has 1 aliphatic heterocycles. The van der Waals surface area contributed by atoms with Crippen LogP contribution in [-0.2, 0) is 18.3 Å². The minimum atomic E-state index is -1.23. The van der Waals surface area contributed by atoms with Gasteiger partial charge in [-0.25, -0.2) is 4.68 Å². The van der Waals surface area contributed by atoms with Gasteiger partial charge in [0.2, 0.25) is 0 Å². The number of likely N-dealkylation sites (N-methyl/N-ethyl adjacent to an activating group) is 1. The number of hydrogen-bond donors (Lipinski definition) is 1. The van der Waals surface area contributed by atoms with Gasteiger partial charge in [-0.15, -0.1) is 12.2 Å². The molecule has 0 spiro atoms. The Hall–Kier alpha value is -4.65. The van der Waals surface area contributed by atoms with Crippen molar-refractivity contribution in [1.82, 2.24) is 9.78 Å². The Bertz CT molecular complexity index is 1860. The molecule has 1 aromatic heterocycles. The average Bonchev–Trinajstić information content (AvgIpc) is 3.52. The van der Waals surface area contributed by atoms with Crippen LogP contribution in [0.15, 0.2) is 132 Å². The molecule has 2 heterocycles. The quantitative estimate of drug-likeness (QED) is 0.262. The van der Waals surface area contributed by atoms with E-state index in [4.69, 9.17) is 0 Å². The van der Waals surface area contributed by atoms with Crippen LogP contribution in [0.3, 0.4) is 0 Å². The zero-order valence-electron chi connectivity index (χ0n) is 26.5. The summed E-state index contributed by atoms with van der Waals surface area (Å²) in [5.74, 6) is -1.73. The smallest absolute Gasteiger partial charge is 0.274 e. The van der Waals surface area contributed by atoms with E-state index in [1.54, 1.807) is 0 Å². The van der Waals surface area contributed by atoms with Gasteiger partial charge in [0.15, 0.2) is 0 Å². The van der Waals surface area contributed by atoms with Gasteiger partial charge in [0.1, 0.15) is 0 Å². The zero-order chi connectivity index (χ0) is 32.0. The third-order valence-corrected chi connectivity index (χ3v) is 10.0. The van der Waals surface area contributed by atoms with Crippen LogP contribution < -0.4 is 20.7 Å². The lowest BCUT2D eigenvalue weighted by atomic mass is 9.63. The summed E-state index contributed by atoms with van der Waals surface area (Å²) < 4.78 is 1.47. The average molecular weight is 610 g/mol. The summed E-state index contributed by atoms with van der Waals surface area (Å²) in [5, 5.41) is 31.6. The van der Waals surface area contributed by atoms with Crippen LogP contribution in [0.25, 0.3) is 5.69 Å². The molecular formula is C40H39N3O3-2. The Morgan fingerprint density at radius 1 is 0.783 bits per heavy atom. The molecule has 7 rings (SSSR count). The Morgan fingerprint density at radius 2 is 1.30 bits per heavy atom. The van der Waals surface area contributed by atoms with Crippen molar-refractivity contribution in [2.45, 2.75) is 56.1 Å². The molecule has 0 bridgehead atoms. The molecule has 46 heavy (non-hydrogen) atoms. The molecule has 1 saturated carbocycles. The predicted octanol–water partition coefficient (Wildman–Crippen LogP) is 5.22. The number of rotatable bonds is 8. The first kappa shape index (κ1) is 30.0. The summed E-state index contributed by atoms with van der Waals surface area (Å²) in [6.07, 6.45) is 0.939. The fourth-order valence-electron chi connectivity index (χ4n) is 7.75. The fourth-order valence-corrected chi connectivity index (χ4v) is 7.75. The Labute approximate surface area is 270 Å². The second-order valence-electron chi connectivity index (χ2n) is 13.1. The molecule has 1 N–H and O–H groups in total. The van der Waals surface area contributed by atoms with Gasteiger partial charge in [-0.1, -0.05) is 117 Å². The van der Waals surface area contributed by atoms with Crippen LogP contribution >= 0.6 is 0 Å². The largest absolute Gasteiger partial charge is 0.851 e. The molecule has 234 valence electrons. The molecule has 2 atom stereocenters. The molecule has 1 aliphatic carbocycles. The molecule has 5 aromatic rings. The highest BCUT2D eigenvalue weighted by Gasteiger charge is 2.48. The van der Waals surface area contributed by atoms with Gasteiger partial charge in [0, 0.05) is 35.1 Å². The van der Waals surface area contributed by atoms with Crippen molar-refractivity contribution in [1.29, 1.82) is 0 Å². The van der Waals surface area contributed by atoms with Gasteiger partial charge in [-0.2, -0.15) is 0 Å². The molecule has 0 amide bonds.